The van der Waals surface area contributed by atoms with E-state index in [2.05, 4.69) is 45.8 Å². The Balaban J connectivity index is 2.00. The third-order valence-electron chi connectivity index (χ3n) is 2.64. The van der Waals surface area contributed by atoms with Crippen LogP contribution in [0, 0.1) is 15.4 Å². The maximum atomic E-state index is 11.8. The number of nitrogens with one attached hydrogen (secondary N) is 1. The maximum Gasteiger partial charge on any atom is 0.286 e. The predicted octanol–water partition coefficient (Wildman–Crippen LogP) is 4.59. The molecule has 6 heteroatoms. The summed E-state index contributed by atoms with van der Waals surface area (Å²) in [5, 5.41) is 5.32. The Morgan fingerprint density at radius 3 is 2.82 bits per heavy atom. The lowest BCUT2D eigenvalue weighted by atomic mass is 10.3. The number of para-hydroxylation sites is 1. The van der Waals surface area contributed by atoms with Crippen molar-refractivity contribution >= 4 is 56.6 Å². The summed E-state index contributed by atoms with van der Waals surface area (Å²) >= 11 is 5.15. The number of carbonyl (C=O) groups excluding carboxylic acids is 1. The molecular formula is C16H15IN2OS2. The second-order valence-corrected chi connectivity index (χ2v) is 7.58. The van der Waals surface area contributed by atoms with Crippen LogP contribution in [-0.2, 0) is 0 Å². The Kier molecular flexibility index (Phi) is 6.61. The van der Waals surface area contributed by atoms with E-state index < -0.39 is 0 Å². The van der Waals surface area contributed by atoms with E-state index >= 15 is 0 Å². The Bertz CT molecular complexity index is 716. The van der Waals surface area contributed by atoms with Crippen molar-refractivity contribution in [1.82, 2.24) is 4.90 Å². The van der Waals surface area contributed by atoms with Crippen molar-refractivity contribution in [2.45, 2.75) is 4.90 Å². The van der Waals surface area contributed by atoms with E-state index in [-0.39, 0.29) is 5.24 Å². The van der Waals surface area contributed by atoms with Crippen molar-refractivity contribution in [3.63, 3.8) is 0 Å². The summed E-state index contributed by atoms with van der Waals surface area (Å²) in [4.78, 5) is 15.4. The first kappa shape index (κ1) is 17.2. The molecule has 0 bridgehead atoms. The number of nitrogens with zero attached hydrogens (tertiary/aromatic N) is 1. The van der Waals surface area contributed by atoms with E-state index in [1.165, 1.54) is 15.3 Å². The van der Waals surface area contributed by atoms with Crippen molar-refractivity contribution in [3.05, 3.63) is 44.2 Å². The molecule has 0 aliphatic heterocycles. The third kappa shape index (κ3) is 4.93. The number of halogens is 1. The highest BCUT2D eigenvalue weighted by molar-refractivity contribution is 14.1. The number of amides is 1. The van der Waals surface area contributed by atoms with Gasteiger partial charge in [0.05, 0.1) is 11.4 Å². The van der Waals surface area contributed by atoms with Crippen LogP contribution in [0.15, 0.2) is 40.6 Å². The minimum Gasteiger partial charge on any atom is -0.373 e. The SMILES string of the molecule is CN(C)C(=O)Sc1ccccc1NCC#Cc1sccc1I. The molecule has 114 valence electrons. The van der Waals surface area contributed by atoms with Gasteiger partial charge >= 0.3 is 0 Å². The first-order valence-electron chi connectivity index (χ1n) is 6.52. The zero-order valence-electron chi connectivity index (χ0n) is 12.2. The fraction of sp³-hybridized carbons (Fsp3) is 0.188. The van der Waals surface area contributed by atoms with Crippen molar-refractivity contribution < 1.29 is 4.79 Å². The van der Waals surface area contributed by atoms with Crippen LogP contribution in [0.1, 0.15) is 4.88 Å². The number of carbonyl (C=O) groups is 1. The lowest BCUT2D eigenvalue weighted by Crippen LogP contribution is -2.16. The minimum absolute atomic E-state index is 0.00785. The van der Waals surface area contributed by atoms with Crippen LogP contribution in [0.4, 0.5) is 10.5 Å². The molecule has 0 saturated carbocycles. The number of hydrogen-bond donors (Lipinski definition) is 1. The summed E-state index contributed by atoms with van der Waals surface area (Å²) in [5.41, 5.74) is 0.929. The number of hydrogen-bond acceptors (Lipinski definition) is 4. The molecule has 0 spiro atoms. The molecule has 1 aromatic heterocycles. The maximum absolute atomic E-state index is 11.8. The Morgan fingerprint density at radius 2 is 2.14 bits per heavy atom. The van der Waals surface area contributed by atoms with Gasteiger partial charge in [0, 0.05) is 28.2 Å². The van der Waals surface area contributed by atoms with Crippen molar-refractivity contribution in [3.8, 4) is 11.8 Å². The van der Waals surface area contributed by atoms with Gasteiger partial charge in [-0.2, -0.15) is 0 Å². The van der Waals surface area contributed by atoms with Gasteiger partial charge in [0.15, 0.2) is 0 Å². The monoisotopic (exact) mass is 442 g/mol. The van der Waals surface area contributed by atoms with E-state index in [1.807, 2.05) is 29.6 Å². The lowest BCUT2D eigenvalue weighted by molar-refractivity contribution is 0.241. The van der Waals surface area contributed by atoms with Crippen LogP contribution < -0.4 is 5.32 Å². The lowest BCUT2D eigenvalue weighted by Gasteiger charge is -2.12. The Morgan fingerprint density at radius 1 is 1.36 bits per heavy atom. The van der Waals surface area contributed by atoms with Crippen LogP contribution in [0.5, 0.6) is 0 Å². The van der Waals surface area contributed by atoms with Gasteiger partial charge in [0.25, 0.3) is 5.24 Å². The van der Waals surface area contributed by atoms with Gasteiger partial charge in [-0.1, -0.05) is 24.0 Å². The number of thioether (sulfide) groups is 1. The molecule has 2 rings (SSSR count). The van der Waals surface area contributed by atoms with Crippen molar-refractivity contribution in [2.24, 2.45) is 0 Å². The van der Waals surface area contributed by atoms with Crippen molar-refractivity contribution in [1.29, 1.82) is 0 Å². The fourth-order valence-corrected chi connectivity index (χ4v) is 3.89. The highest BCUT2D eigenvalue weighted by atomic mass is 127. The summed E-state index contributed by atoms with van der Waals surface area (Å²) in [6.07, 6.45) is 0. The summed E-state index contributed by atoms with van der Waals surface area (Å²) in [5.74, 6) is 6.28. The number of rotatable bonds is 3. The zero-order chi connectivity index (χ0) is 15.9. The topological polar surface area (TPSA) is 32.3 Å². The highest BCUT2D eigenvalue weighted by Gasteiger charge is 2.09. The molecule has 0 radical (unpaired) electrons. The van der Waals surface area contributed by atoms with E-state index in [0.29, 0.717) is 6.54 Å². The van der Waals surface area contributed by atoms with Crippen LogP contribution in [0.25, 0.3) is 0 Å². The van der Waals surface area contributed by atoms with E-state index in [9.17, 15) is 4.79 Å². The molecule has 0 fully saturated rings. The second kappa shape index (κ2) is 8.46. The Labute approximate surface area is 152 Å². The van der Waals surface area contributed by atoms with Gasteiger partial charge in [-0.15, -0.1) is 11.3 Å². The number of benzene rings is 1. The second-order valence-electron chi connectivity index (χ2n) is 4.51. The molecular weight excluding hydrogens is 427 g/mol. The first-order chi connectivity index (χ1) is 10.6. The fourth-order valence-electron chi connectivity index (χ4n) is 1.53. The van der Waals surface area contributed by atoms with E-state index in [1.54, 1.807) is 30.3 Å². The number of anilines is 1. The minimum atomic E-state index is 0.00785. The molecule has 1 aromatic carbocycles. The molecule has 1 heterocycles. The average Bonchev–Trinajstić information content (AvgIpc) is 2.90. The molecule has 1 amide bonds. The number of thiophene rings is 1. The molecule has 0 aliphatic rings. The molecule has 0 aliphatic carbocycles. The van der Waals surface area contributed by atoms with Gasteiger partial charge in [0.2, 0.25) is 0 Å². The molecule has 22 heavy (non-hydrogen) atoms. The summed E-state index contributed by atoms with van der Waals surface area (Å²) in [7, 11) is 3.50. The molecule has 3 nitrogen and oxygen atoms in total. The van der Waals surface area contributed by atoms with E-state index in [4.69, 9.17) is 0 Å². The van der Waals surface area contributed by atoms with Crippen LogP contribution in [-0.4, -0.2) is 30.8 Å². The largest absolute Gasteiger partial charge is 0.373 e. The molecule has 0 saturated heterocycles. The van der Waals surface area contributed by atoms with Crippen LogP contribution in [0.3, 0.4) is 0 Å². The first-order valence-corrected chi connectivity index (χ1v) is 9.29. The summed E-state index contributed by atoms with van der Waals surface area (Å²) in [6, 6.07) is 9.83. The van der Waals surface area contributed by atoms with Gasteiger partial charge in [-0.05, 0) is 57.9 Å². The zero-order valence-corrected chi connectivity index (χ0v) is 16.0. The molecule has 0 unspecified atom stereocenters. The summed E-state index contributed by atoms with van der Waals surface area (Å²) < 4.78 is 1.18. The predicted molar refractivity (Wildman–Crippen MR) is 104 cm³/mol. The van der Waals surface area contributed by atoms with Gasteiger partial charge < -0.3 is 10.2 Å². The molecule has 1 N–H and O–H groups in total. The third-order valence-corrected chi connectivity index (χ3v) is 5.85. The quantitative estimate of drug-likeness (QED) is 0.429. The van der Waals surface area contributed by atoms with Gasteiger partial charge in [-0.25, -0.2) is 0 Å². The highest BCUT2D eigenvalue weighted by Crippen LogP contribution is 2.28. The van der Waals surface area contributed by atoms with Gasteiger partial charge in [0.1, 0.15) is 0 Å². The van der Waals surface area contributed by atoms with Crippen LogP contribution >= 0.6 is 45.7 Å². The molecule has 0 atom stereocenters. The average molecular weight is 442 g/mol. The normalized spacial score (nSPS) is 9.77. The van der Waals surface area contributed by atoms with Gasteiger partial charge in [-0.3, -0.25) is 4.79 Å². The standard InChI is InChI=1S/C16H15IN2OS2/c1-19(2)16(20)22-15-7-4-3-6-13(15)18-10-5-8-14-12(17)9-11-21-14/h3-4,6-7,9,11,18H,10H2,1-2H3. The van der Waals surface area contributed by atoms with Crippen molar-refractivity contribution in [2.75, 3.05) is 26.0 Å². The smallest absolute Gasteiger partial charge is 0.286 e. The van der Waals surface area contributed by atoms with E-state index in [0.717, 1.165) is 15.5 Å². The van der Waals surface area contributed by atoms with Crippen LogP contribution in [0.2, 0.25) is 0 Å². The summed E-state index contributed by atoms with van der Waals surface area (Å²) in [6.45, 7) is 0.543. The Hall–Kier alpha value is -1.17. The molecule has 2 aromatic rings.